The van der Waals surface area contributed by atoms with Crippen LogP contribution in [0.3, 0.4) is 0 Å². The van der Waals surface area contributed by atoms with Crippen LogP contribution in [0.25, 0.3) is 4.85 Å². The Morgan fingerprint density at radius 3 is 2.56 bits per heavy atom. The quantitative estimate of drug-likeness (QED) is 0.816. The molecule has 2 rings (SSSR count). The van der Waals surface area contributed by atoms with E-state index in [1.165, 1.54) is 6.33 Å². The predicted octanol–water partition coefficient (Wildman–Crippen LogP) is 3.71. The molecule has 1 N–H and O–H groups in total. The van der Waals surface area contributed by atoms with Gasteiger partial charge in [-0.1, -0.05) is 0 Å². The third-order valence-corrected chi connectivity index (χ3v) is 4.31. The van der Waals surface area contributed by atoms with Crippen LogP contribution in [-0.2, 0) is 17.5 Å². The maximum Gasteiger partial charge on any atom is 0.252 e. The number of benzene rings is 1. The summed E-state index contributed by atoms with van der Waals surface area (Å²) in [6.45, 7) is 18.4. The van der Waals surface area contributed by atoms with Gasteiger partial charge in [0.15, 0.2) is 0 Å². The lowest BCUT2D eigenvalue weighted by atomic mass is 9.80. The Kier molecular flexibility index (Phi) is 5.13. The summed E-state index contributed by atoms with van der Waals surface area (Å²) in [7, 11) is 0. The van der Waals surface area contributed by atoms with E-state index >= 15 is 0 Å². The Morgan fingerprint density at radius 1 is 1.32 bits per heavy atom. The number of nitriles is 1. The molecule has 0 unspecified atom stereocenters. The summed E-state index contributed by atoms with van der Waals surface area (Å²) in [5, 5.41) is 17.3. The molecule has 0 fully saturated rings. The summed E-state index contributed by atoms with van der Waals surface area (Å²) in [6.07, 6.45) is 3.16. The Morgan fingerprint density at radius 2 is 2.04 bits per heavy atom. The second-order valence-corrected chi connectivity index (χ2v) is 7.09. The van der Waals surface area contributed by atoms with E-state index < -0.39 is 11.0 Å². The van der Waals surface area contributed by atoms with Crippen LogP contribution < -0.4 is 5.32 Å². The zero-order chi connectivity index (χ0) is 18.7. The molecule has 0 spiro atoms. The monoisotopic (exact) mass is 336 g/mol. The van der Waals surface area contributed by atoms with E-state index in [2.05, 4.69) is 26.3 Å². The van der Waals surface area contributed by atoms with Crippen LogP contribution in [0.4, 0.5) is 5.69 Å². The van der Waals surface area contributed by atoms with Gasteiger partial charge in [0.2, 0.25) is 0 Å². The van der Waals surface area contributed by atoms with Crippen molar-refractivity contribution >= 4 is 5.69 Å². The Balaban J connectivity index is 2.74. The molecule has 6 nitrogen and oxygen atoms in total. The SMILES string of the molecule is [C-]#[N+]C(C)(C)c1cc(Cn2cncn2)c(NCC)c(C(C)(C)C#N)c1. The van der Waals surface area contributed by atoms with Gasteiger partial charge in [0.1, 0.15) is 12.7 Å². The lowest BCUT2D eigenvalue weighted by molar-refractivity contribution is 0.637. The van der Waals surface area contributed by atoms with Gasteiger partial charge in [0.05, 0.1) is 18.0 Å². The maximum absolute atomic E-state index is 9.67. The minimum atomic E-state index is -0.678. The molecule has 25 heavy (non-hydrogen) atoms. The van der Waals surface area contributed by atoms with Crippen molar-refractivity contribution in [3.05, 3.63) is 52.9 Å². The highest BCUT2D eigenvalue weighted by atomic mass is 15.3. The van der Waals surface area contributed by atoms with Crippen molar-refractivity contribution in [2.45, 2.75) is 52.1 Å². The highest BCUT2D eigenvalue weighted by molar-refractivity contribution is 5.64. The lowest BCUT2D eigenvalue weighted by Crippen LogP contribution is -2.22. The van der Waals surface area contributed by atoms with Crippen molar-refractivity contribution in [3.8, 4) is 6.07 Å². The first-order valence-electron chi connectivity index (χ1n) is 8.29. The average molecular weight is 336 g/mol. The molecule has 1 aromatic heterocycles. The molecule has 0 atom stereocenters. The summed E-state index contributed by atoms with van der Waals surface area (Å²) in [5.74, 6) is 0. The molecular weight excluding hydrogens is 312 g/mol. The number of rotatable bonds is 6. The standard InChI is InChI=1S/C19H24N6/c1-7-23-17-14(10-25-13-22-12-24-25)8-15(19(4,5)21-6)9-16(17)18(2,3)11-20/h8-9,12-13,23H,7,10H2,1-5H3. The molecule has 0 radical (unpaired) electrons. The summed E-state index contributed by atoms with van der Waals surface area (Å²) in [6, 6.07) is 6.41. The zero-order valence-electron chi connectivity index (χ0n) is 15.5. The zero-order valence-corrected chi connectivity index (χ0v) is 15.5. The Bertz CT molecular complexity index is 819. The minimum absolute atomic E-state index is 0.527. The van der Waals surface area contributed by atoms with Crippen LogP contribution in [0, 0.1) is 17.9 Å². The van der Waals surface area contributed by atoms with Crippen LogP contribution in [0.15, 0.2) is 24.8 Å². The van der Waals surface area contributed by atoms with Gasteiger partial charge in [-0.25, -0.2) is 16.2 Å². The maximum atomic E-state index is 9.67. The molecule has 1 heterocycles. The van der Waals surface area contributed by atoms with E-state index in [9.17, 15) is 5.26 Å². The predicted molar refractivity (Wildman–Crippen MR) is 98.0 cm³/mol. The molecule has 0 saturated heterocycles. The largest absolute Gasteiger partial charge is 0.385 e. The minimum Gasteiger partial charge on any atom is -0.385 e. The van der Waals surface area contributed by atoms with Crippen LogP contribution >= 0.6 is 0 Å². The van der Waals surface area contributed by atoms with Gasteiger partial charge in [0.25, 0.3) is 5.54 Å². The second kappa shape index (κ2) is 6.94. The smallest absolute Gasteiger partial charge is 0.252 e. The van der Waals surface area contributed by atoms with Crippen molar-refractivity contribution in [1.82, 2.24) is 14.8 Å². The Labute approximate surface area is 149 Å². The molecule has 0 aliphatic rings. The summed E-state index contributed by atoms with van der Waals surface area (Å²) in [4.78, 5) is 7.76. The first kappa shape index (κ1) is 18.5. The molecule has 0 amide bonds. The van der Waals surface area contributed by atoms with Crippen LogP contribution in [-0.4, -0.2) is 21.3 Å². The van der Waals surface area contributed by atoms with E-state index in [-0.39, 0.29) is 0 Å². The van der Waals surface area contributed by atoms with Crippen LogP contribution in [0.1, 0.15) is 51.3 Å². The molecule has 130 valence electrons. The van der Waals surface area contributed by atoms with Crippen molar-refractivity contribution in [2.75, 3.05) is 11.9 Å². The number of nitrogens with zero attached hydrogens (tertiary/aromatic N) is 5. The van der Waals surface area contributed by atoms with Gasteiger partial charge in [-0.15, -0.1) is 0 Å². The molecule has 0 aliphatic carbocycles. The summed E-state index contributed by atoms with van der Waals surface area (Å²) >= 11 is 0. The highest BCUT2D eigenvalue weighted by Gasteiger charge is 2.32. The third-order valence-electron chi connectivity index (χ3n) is 4.31. The van der Waals surface area contributed by atoms with Gasteiger partial charge in [0, 0.05) is 31.6 Å². The van der Waals surface area contributed by atoms with Crippen LogP contribution in [0.2, 0.25) is 0 Å². The second-order valence-electron chi connectivity index (χ2n) is 7.09. The van der Waals surface area contributed by atoms with E-state index in [4.69, 9.17) is 6.57 Å². The molecule has 0 bridgehead atoms. The van der Waals surface area contributed by atoms with E-state index in [0.717, 1.165) is 28.9 Å². The molecule has 0 aliphatic heterocycles. The normalized spacial score (nSPS) is 11.6. The average Bonchev–Trinajstić information content (AvgIpc) is 3.09. The fraction of sp³-hybridized carbons (Fsp3) is 0.474. The van der Waals surface area contributed by atoms with Crippen molar-refractivity contribution in [1.29, 1.82) is 5.26 Å². The Hall–Kier alpha value is -2.86. The molecule has 1 aromatic carbocycles. The molecular formula is C19H24N6. The van der Waals surface area contributed by atoms with Crippen molar-refractivity contribution < 1.29 is 0 Å². The molecule has 2 aromatic rings. The first-order valence-corrected chi connectivity index (χ1v) is 8.29. The summed E-state index contributed by atoms with van der Waals surface area (Å²) in [5.41, 5.74) is 2.40. The molecule has 6 heteroatoms. The third kappa shape index (κ3) is 3.80. The summed E-state index contributed by atoms with van der Waals surface area (Å²) < 4.78 is 1.74. The number of hydrogen-bond donors (Lipinski definition) is 1. The van der Waals surface area contributed by atoms with Gasteiger partial charge in [-0.05, 0) is 44.0 Å². The highest BCUT2D eigenvalue weighted by Crippen LogP contribution is 2.37. The lowest BCUT2D eigenvalue weighted by Gasteiger charge is -2.26. The van der Waals surface area contributed by atoms with Crippen LogP contribution in [0.5, 0.6) is 0 Å². The van der Waals surface area contributed by atoms with E-state index in [1.807, 2.05) is 46.8 Å². The number of aromatic nitrogens is 3. The van der Waals surface area contributed by atoms with Gasteiger partial charge in [-0.3, -0.25) is 0 Å². The first-order chi connectivity index (χ1) is 11.7. The van der Waals surface area contributed by atoms with Crippen molar-refractivity contribution in [3.63, 3.8) is 0 Å². The number of anilines is 1. The van der Waals surface area contributed by atoms with Gasteiger partial charge < -0.3 is 10.2 Å². The van der Waals surface area contributed by atoms with Gasteiger partial charge in [-0.2, -0.15) is 10.4 Å². The number of hydrogen-bond acceptors (Lipinski definition) is 4. The van der Waals surface area contributed by atoms with E-state index in [1.54, 1.807) is 11.0 Å². The number of nitrogens with one attached hydrogen (secondary N) is 1. The van der Waals surface area contributed by atoms with Gasteiger partial charge >= 0.3 is 0 Å². The molecule has 0 saturated carbocycles. The fourth-order valence-corrected chi connectivity index (χ4v) is 2.67. The van der Waals surface area contributed by atoms with E-state index in [0.29, 0.717) is 6.54 Å². The fourth-order valence-electron chi connectivity index (χ4n) is 2.67. The topological polar surface area (TPSA) is 70.9 Å². The van der Waals surface area contributed by atoms with Crippen molar-refractivity contribution in [2.24, 2.45) is 0 Å².